The van der Waals surface area contributed by atoms with E-state index < -0.39 is 0 Å². The van der Waals surface area contributed by atoms with Gasteiger partial charge in [-0.2, -0.15) is 4.99 Å². The molecule has 4 nitrogen and oxygen atoms in total. The van der Waals surface area contributed by atoms with Gasteiger partial charge in [0.1, 0.15) is 0 Å². The van der Waals surface area contributed by atoms with E-state index in [2.05, 4.69) is 41.4 Å². The minimum Gasteiger partial charge on any atom is -0.465 e. The van der Waals surface area contributed by atoms with Gasteiger partial charge in [0.05, 0.1) is 6.61 Å². The molecule has 1 aliphatic rings. The Labute approximate surface area is 171 Å². The quantitative estimate of drug-likeness (QED) is 0.450. The second kappa shape index (κ2) is 8.31. The first-order valence-electron chi connectivity index (χ1n) is 9.90. The van der Waals surface area contributed by atoms with Crippen LogP contribution in [0.1, 0.15) is 34.0 Å². The largest absolute Gasteiger partial charge is 0.465 e. The van der Waals surface area contributed by atoms with Crippen LogP contribution in [0, 0.1) is 6.92 Å². The molecule has 0 unspecified atom stereocenters. The number of hydrogen-bond donors (Lipinski definition) is 0. The van der Waals surface area contributed by atoms with Gasteiger partial charge in [-0.3, -0.25) is 4.79 Å². The molecule has 0 atom stereocenters. The van der Waals surface area contributed by atoms with Crippen LogP contribution in [0.15, 0.2) is 77.8 Å². The Morgan fingerprint density at radius 2 is 1.45 bits per heavy atom. The van der Waals surface area contributed by atoms with Gasteiger partial charge in [0.15, 0.2) is 0 Å². The Morgan fingerprint density at radius 3 is 2.03 bits per heavy atom. The van der Waals surface area contributed by atoms with Gasteiger partial charge in [0.2, 0.25) is 0 Å². The van der Waals surface area contributed by atoms with Gasteiger partial charge in [0.25, 0.3) is 11.9 Å². The molecule has 0 aliphatic carbocycles. The first-order valence-corrected chi connectivity index (χ1v) is 9.90. The van der Waals surface area contributed by atoms with E-state index in [0.29, 0.717) is 31.3 Å². The van der Waals surface area contributed by atoms with Crippen molar-refractivity contribution in [1.82, 2.24) is 4.90 Å². The van der Waals surface area contributed by atoms with E-state index in [0.717, 1.165) is 5.56 Å². The van der Waals surface area contributed by atoms with Crippen molar-refractivity contribution in [3.8, 4) is 11.1 Å². The molecule has 146 valence electrons. The van der Waals surface area contributed by atoms with Crippen molar-refractivity contribution >= 4 is 11.9 Å². The first-order chi connectivity index (χ1) is 14.2. The van der Waals surface area contributed by atoms with Crippen molar-refractivity contribution in [1.29, 1.82) is 0 Å². The van der Waals surface area contributed by atoms with E-state index in [1.807, 2.05) is 49.1 Å². The monoisotopic (exact) mass is 384 g/mol. The molecule has 0 radical (unpaired) electrons. The Balaban J connectivity index is 1.75. The molecule has 0 bridgehead atoms. The molecule has 1 aliphatic heterocycles. The van der Waals surface area contributed by atoms with Gasteiger partial charge < -0.3 is 9.64 Å². The average Bonchev–Trinajstić information content (AvgIpc) is 2.90. The highest BCUT2D eigenvalue weighted by Gasteiger charge is 2.23. The van der Waals surface area contributed by atoms with Gasteiger partial charge in [-0.15, -0.1) is 0 Å². The van der Waals surface area contributed by atoms with Gasteiger partial charge in [0, 0.05) is 18.7 Å². The number of ether oxygens (including phenoxy) is 1. The molecule has 3 aromatic carbocycles. The van der Waals surface area contributed by atoms with Crippen LogP contribution in [0.4, 0.5) is 0 Å². The Bertz CT molecular complexity index is 1020. The second-order valence-electron chi connectivity index (χ2n) is 7.12. The van der Waals surface area contributed by atoms with Crippen LogP contribution in [0.2, 0.25) is 0 Å². The number of fused-ring (bicyclic) bond motifs is 3. The van der Waals surface area contributed by atoms with Crippen molar-refractivity contribution in [2.75, 3.05) is 6.61 Å². The minimum atomic E-state index is -0.280. The predicted octanol–water partition coefficient (Wildman–Crippen LogP) is 5.21. The fourth-order valence-electron chi connectivity index (χ4n) is 3.73. The molecule has 0 aromatic heterocycles. The van der Waals surface area contributed by atoms with Crippen molar-refractivity contribution in [2.24, 2.45) is 4.99 Å². The first kappa shape index (κ1) is 18.9. The molecule has 29 heavy (non-hydrogen) atoms. The highest BCUT2D eigenvalue weighted by molar-refractivity contribution is 6.02. The summed E-state index contributed by atoms with van der Waals surface area (Å²) in [5, 5.41) is 0. The maximum atomic E-state index is 12.9. The summed E-state index contributed by atoms with van der Waals surface area (Å²) in [4.78, 5) is 19.3. The third kappa shape index (κ3) is 3.92. The van der Waals surface area contributed by atoms with Crippen LogP contribution in [-0.4, -0.2) is 23.4 Å². The predicted molar refractivity (Wildman–Crippen MR) is 116 cm³/mol. The topological polar surface area (TPSA) is 41.9 Å². The summed E-state index contributed by atoms with van der Waals surface area (Å²) in [5.74, 6) is -0.280. The normalized spacial score (nSPS) is 13.3. The van der Waals surface area contributed by atoms with Crippen molar-refractivity contribution < 1.29 is 9.53 Å². The zero-order valence-electron chi connectivity index (χ0n) is 16.8. The van der Waals surface area contributed by atoms with Crippen LogP contribution in [0.3, 0.4) is 0 Å². The summed E-state index contributed by atoms with van der Waals surface area (Å²) >= 11 is 0. The van der Waals surface area contributed by atoms with Crippen LogP contribution in [-0.2, 0) is 17.8 Å². The number of benzene rings is 3. The summed E-state index contributed by atoms with van der Waals surface area (Å²) < 4.78 is 5.85. The van der Waals surface area contributed by atoms with Crippen LogP contribution >= 0.6 is 0 Å². The lowest BCUT2D eigenvalue weighted by molar-refractivity contribution is 0.0992. The summed E-state index contributed by atoms with van der Waals surface area (Å²) in [5.41, 5.74) is 6.31. The number of amidine groups is 1. The number of carbonyl (C=O) groups is 1. The van der Waals surface area contributed by atoms with Crippen LogP contribution in [0.25, 0.3) is 11.1 Å². The molecular formula is C25H24N2O2. The lowest BCUT2D eigenvalue weighted by Gasteiger charge is -2.24. The number of nitrogens with zero attached hydrogens (tertiary/aromatic N) is 2. The zero-order chi connectivity index (χ0) is 20.2. The molecule has 0 saturated heterocycles. The number of carbonyl (C=O) groups excluding carboxylic acids is 1. The number of rotatable bonds is 2. The highest BCUT2D eigenvalue weighted by Crippen LogP contribution is 2.32. The molecule has 4 rings (SSSR count). The number of amides is 1. The number of aliphatic imine (C=N–C) groups is 1. The van der Waals surface area contributed by atoms with E-state index in [1.165, 1.54) is 22.3 Å². The maximum Gasteiger partial charge on any atom is 0.296 e. The van der Waals surface area contributed by atoms with Crippen LogP contribution < -0.4 is 0 Å². The molecular weight excluding hydrogens is 360 g/mol. The molecule has 0 fully saturated rings. The van der Waals surface area contributed by atoms with Gasteiger partial charge >= 0.3 is 0 Å². The zero-order valence-corrected chi connectivity index (χ0v) is 16.8. The Morgan fingerprint density at radius 1 is 0.897 bits per heavy atom. The van der Waals surface area contributed by atoms with Crippen molar-refractivity contribution in [3.05, 3.63) is 95.1 Å². The SMILES string of the molecule is CCO/C(=N\C(=O)c1ccccc1C)N1Cc2ccccc2-c2ccccc2C1. The second-order valence-corrected chi connectivity index (χ2v) is 7.12. The Kier molecular flexibility index (Phi) is 5.43. The number of aryl methyl sites for hydroxylation is 1. The van der Waals surface area contributed by atoms with Gasteiger partial charge in [-0.05, 0) is 47.7 Å². The third-order valence-corrected chi connectivity index (χ3v) is 5.16. The highest BCUT2D eigenvalue weighted by atomic mass is 16.5. The van der Waals surface area contributed by atoms with Crippen molar-refractivity contribution in [2.45, 2.75) is 26.9 Å². The average molecular weight is 384 g/mol. The lowest BCUT2D eigenvalue weighted by Crippen LogP contribution is -2.32. The van der Waals surface area contributed by atoms with Gasteiger partial charge in [-0.1, -0.05) is 66.7 Å². The Hall–Kier alpha value is -3.40. The van der Waals surface area contributed by atoms with Crippen LogP contribution in [0.5, 0.6) is 0 Å². The van der Waals surface area contributed by atoms with E-state index in [1.54, 1.807) is 6.07 Å². The summed E-state index contributed by atoms with van der Waals surface area (Å²) in [7, 11) is 0. The van der Waals surface area contributed by atoms with E-state index >= 15 is 0 Å². The lowest BCUT2D eigenvalue weighted by atomic mass is 9.97. The fourth-order valence-corrected chi connectivity index (χ4v) is 3.73. The van der Waals surface area contributed by atoms with Crippen molar-refractivity contribution in [3.63, 3.8) is 0 Å². The molecule has 0 saturated carbocycles. The van der Waals surface area contributed by atoms with E-state index in [4.69, 9.17) is 4.74 Å². The van der Waals surface area contributed by atoms with E-state index in [-0.39, 0.29) is 5.91 Å². The molecule has 1 heterocycles. The van der Waals surface area contributed by atoms with E-state index in [9.17, 15) is 4.79 Å². The molecule has 3 aromatic rings. The maximum absolute atomic E-state index is 12.9. The van der Waals surface area contributed by atoms with Gasteiger partial charge in [-0.25, -0.2) is 0 Å². The smallest absolute Gasteiger partial charge is 0.296 e. The standard InChI is InChI=1S/C25H24N2O2/c1-3-29-25(26-24(28)21-13-7-4-10-18(21)2)27-16-19-11-5-8-14-22(19)23-15-9-6-12-20(23)17-27/h4-15H,3,16-17H2,1-2H3/b26-25-. The summed E-state index contributed by atoms with van der Waals surface area (Å²) in [6.45, 7) is 5.53. The fraction of sp³-hybridized carbons (Fsp3) is 0.200. The minimum absolute atomic E-state index is 0.280. The molecule has 0 N–H and O–H groups in total. The molecule has 1 amide bonds. The third-order valence-electron chi connectivity index (χ3n) is 5.16. The molecule has 4 heteroatoms. The summed E-state index contributed by atoms with van der Waals surface area (Å²) in [6.07, 6.45) is 0. The number of hydrogen-bond acceptors (Lipinski definition) is 2. The molecule has 0 spiro atoms. The summed E-state index contributed by atoms with van der Waals surface area (Å²) in [6, 6.07) is 24.6.